The lowest BCUT2D eigenvalue weighted by molar-refractivity contribution is 0.0784. The van der Waals surface area contributed by atoms with Crippen LogP contribution in [0, 0.1) is 0 Å². The van der Waals surface area contributed by atoms with Crippen molar-refractivity contribution in [2.24, 2.45) is 5.73 Å². The van der Waals surface area contributed by atoms with Crippen LogP contribution in [0.4, 0.5) is 0 Å². The number of aromatic nitrogens is 2. The van der Waals surface area contributed by atoms with Crippen LogP contribution in [0.3, 0.4) is 0 Å². The number of halogens is 1. The van der Waals surface area contributed by atoms with Gasteiger partial charge in [0, 0.05) is 25.3 Å². The molecule has 20 heavy (non-hydrogen) atoms. The van der Waals surface area contributed by atoms with Crippen LogP contribution < -0.4 is 5.73 Å². The number of carbonyl (C=O) groups is 1. The zero-order valence-electron chi connectivity index (χ0n) is 11.0. The van der Waals surface area contributed by atoms with Gasteiger partial charge in [0.1, 0.15) is 0 Å². The maximum Gasteiger partial charge on any atom is 0.274 e. The van der Waals surface area contributed by atoms with Crippen LogP contribution in [0.25, 0.3) is 5.69 Å². The molecule has 2 heterocycles. The second-order valence-electron chi connectivity index (χ2n) is 4.78. The van der Waals surface area contributed by atoms with Gasteiger partial charge in [-0.15, -0.1) is 12.4 Å². The van der Waals surface area contributed by atoms with E-state index in [4.69, 9.17) is 5.73 Å². The second-order valence-corrected chi connectivity index (χ2v) is 4.78. The van der Waals surface area contributed by atoms with Crippen LogP contribution in [-0.2, 0) is 0 Å². The van der Waals surface area contributed by atoms with E-state index in [0.29, 0.717) is 12.2 Å². The smallest absolute Gasteiger partial charge is 0.274 e. The minimum atomic E-state index is -0.0392. The van der Waals surface area contributed by atoms with Crippen molar-refractivity contribution >= 4 is 18.3 Å². The summed E-state index contributed by atoms with van der Waals surface area (Å²) in [5, 5.41) is 4.33. The molecule has 1 aliphatic heterocycles. The lowest BCUT2D eigenvalue weighted by atomic mass is 10.3. The van der Waals surface area contributed by atoms with E-state index in [9.17, 15) is 4.79 Å². The van der Waals surface area contributed by atoms with E-state index >= 15 is 0 Å². The number of para-hydroxylation sites is 1. The average Bonchev–Trinajstić information content (AvgIpc) is 3.08. The van der Waals surface area contributed by atoms with Gasteiger partial charge in [-0.25, -0.2) is 4.68 Å². The number of nitrogens with two attached hydrogens (primary N) is 1. The summed E-state index contributed by atoms with van der Waals surface area (Å²) in [6.07, 6.45) is 2.67. The van der Waals surface area contributed by atoms with Crippen LogP contribution in [0.2, 0.25) is 0 Å². The minimum Gasteiger partial charge on any atom is -0.336 e. The highest BCUT2D eigenvalue weighted by molar-refractivity contribution is 5.92. The van der Waals surface area contributed by atoms with Crippen LogP contribution in [0.15, 0.2) is 42.6 Å². The van der Waals surface area contributed by atoms with Crippen LogP contribution in [0.5, 0.6) is 0 Å². The molecule has 1 fully saturated rings. The van der Waals surface area contributed by atoms with Crippen molar-refractivity contribution in [1.82, 2.24) is 14.7 Å². The minimum absolute atomic E-state index is 0. The molecule has 1 aliphatic rings. The van der Waals surface area contributed by atoms with Crippen molar-refractivity contribution in [3.63, 3.8) is 0 Å². The highest BCUT2D eigenvalue weighted by atomic mass is 35.5. The molecule has 5 nitrogen and oxygen atoms in total. The van der Waals surface area contributed by atoms with E-state index in [-0.39, 0.29) is 24.4 Å². The first kappa shape index (κ1) is 14.6. The molecule has 0 spiro atoms. The van der Waals surface area contributed by atoms with Crippen LogP contribution in [-0.4, -0.2) is 39.7 Å². The van der Waals surface area contributed by atoms with Crippen LogP contribution in [0.1, 0.15) is 16.9 Å². The number of nitrogens with zero attached hydrogens (tertiary/aromatic N) is 3. The SMILES string of the molecule is Cl.N[C@@H]1CCN(C(=O)c2ccn(-c3ccccc3)n2)C1. The zero-order valence-corrected chi connectivity index (χ0v) is 11.8. The van der Waals surface area contributed by atoms with E-state index < -0.39 is 0 Å². The number of carbonyl (C=O) groups excluding carboxylic acids is 1. The van der Waals surface area contributed by atoms with E-state index in [1.54, 1.807) is 21.8 Å². The van der Waals surface area contributed by atoms with Gasteiger partial charge in [-0.2, -0.15) is 5.10 Å². The Bertz CT molecular complexity index is 584. The number of benzene rings is 1. The summed E-state index contributed by atoms with van der Waals surface area (Å²) in [5.74, 6) is -0.0392. The summed E-state index contributed by atoms with van der Waals surface area (Å²) in [4.78, 5) is 14.0. The fourth-order valence-electron chi connectivity index (χ4n) is 2.30. The molecule has 0 unspecified atom stereocenters. The lowest BCUT2D eigenvalue weighted by Gasteiger charge is -2.13. The Hall–Kier alpha value is -1.85. The molecule has 1 amide bonds. The van der Waals surface area contributed by atoms with Crippen molar-refractivity contribution in [1.29, 1.82) is 0 Å². The topological polar surface area (TPSA) is 64.2 Å². The molecule has 3 rings (SSSR count). The van der Waals surface area contributed by atoms with Gasteiger partial charge in [-0.3, -0.25) is 4.79 Å². The van der Waals surface area contributed by atoms with E-state index in [0.717, 1.165) is 18.7 Å². The third kappa shape index (κ3) is 2.84. The fourth-order valence-corrected chi connectivity index (χ4v) is 2.30. The Morgan fingerprint density at radius 2 is 2.00 bits per heavy atom. The molecule has 1 saturated heterocycles. The van der Waals surface area contributed by atoms with Gasteiger partial charge < -0.3 is 10.6 Å². The van der Waals surface area contributed by atoms with Gasteiger partial charge >= 0.3 is 0 Å². The fraction of sp³-hybridized carbons (Fsp3) is 0.286. The van der Waals surface area contributed by atoms with Crippen molar-refractivity contribution in [2.45, 2.75) is 12.5 Å². The molecular weight excluding hydrogens is 276 g/mol. The molecule has 1 aromatic heterocycles. The van der Waals surface area contributed by atoms with E-state index in [1.165, 1.54) is 0 Å². The summed E-state index contributed by atoms with van der Waals surface area (Å²) in [5.41, 5.74) is 7.23. The number of hydrogen-bond donors (Lipinski definition) is 1. The number of rotatable bonds is 2. The molecule has 0 aliphatic carbocycles. The predicted octanol–water partition coefficient (Wildman–Crippen LogP) is 1.47. The van der Waals surface area contributed by atoms with Crippen molar-refractivity contribution in [3.8, 4) is 5.69 Å². The Morgan fingerprint density at radius 3 is 2.65 bits per heavy atom. The number of amides is 1. The molecule has 0 bridgehead atoms. The van der Waals surface area contributed by atoms with Gasteiger partial charge in [0.15, 0.2) is 5.69 Å². The molecule has 2 N–H and O–H groups in total. The molecule has 0 radical (unpaired) electrons. The number of hydrogen-bond acceptors (Lipinski definition) is 3. The lowest BCUT2D eigenvalue weighted by Crippen LogP contribution is -2.32. The second kappa shape index (κ2) is 6.07. The summed E-state index contributed by atoms with van der Waals surface area (Å²) in [6, 6.07) is 11.6. The zero-order chi connectivity index (χ0) is 13.2. The van der Waals surface area contributed by atoms with Gasteiger partial charge in [-0.05, 0) is 24.6 Å². The maximum absolute atomic E-state index is 12.2. The molecule has 2 aromatic rings. The van der Waals surface area contributed by atoms with E-state index in [1.807, 2.05) is 30.3 Å². The molecule has 0 saturated carbocycles. The Labute approximate surface area is 123 Å². The number of likely N-dealkylation sites (tertiary alicyclic amines) is 1. The Kier molecular flexibility index (Phi) is 4.42. The van der Waals surface area contributed by atoms with Crippen LogP contribution >= 0.6 is 12.4 Å². The Balaban J connectivity index is 0.00000147. The summed E-state index contributed by atoms with van der Waals surface area (Å²) in [6.45, 7) is 1.34. The largest absolute Gasteiger partial charge is 0.336 e. The monoisotopic (exact) mass is 292 g/mol. The van der Waals surface area contributed by atoms with Crippen molar-refractivity contribution in [3.05, 3.63) is 48.3 Å². The van der Waals surface area contributed by atoms with E-state index in [2.05, 4.69) is 5.10 Å². The van der Waals surface area contributed by atoms with Gasteiger partial charge in [0.25, 0.3) is 5.91 Å². The standard InChI is InChI=1S/C14H16N4O.ClH/c15-11-6-8-17(10-11)14(19)13-7-9-18(16-13)12-4-2-1-3-5-12;/h1-5,7,9,11H,6,8,10,15H2;1H/t11-;/m1./s1. The molecule has 6 heteroatoms. The quantitative estimate of drug-likeness (QED) is 0.911. The molecular formula is C14H17ClN4O. The normalized spacial score (nSPS) is 17.9. The first-order chi connectivity index (χ1) is 9.24. The highest BCUT2D eigenvalue weighted by Gasteiger charge is 2.25. The third-order valence-corrected chi connectivity index (χ3v) is 3.34. The highest BCUT2D eigenvalue weighted by Crippen LogP contribution is 2.13. The maximum atomic E-state index is 12.2. The summed E-state index contributed by atoms with van der Waals surface area (Å²) >= 11 is 0. The van der Waals surface area contributed by atoms with Gasteiger partial charge in [-0.1, -0.05) is 18.2 Å². The summed E-state index contributed by atoms with van der Waals surface area (Å²) < 4.78 is 1.71. The Morgan fingerprint density at radius 1 is 1.25 bits per heavy atom. The molecule has 106 valence electrons. The van der Waals surface area contributed by atoms with Gasteiger partial charge in [0.05, 0.1) is 5.69 Å². The van der Waals surface area contributed by atoms with Gasteiger partial charge in [0.2, 0.25) is 0 Å². The molecule has 1 atom stereocenters. The predicted molar refractivity (Wildman–Crippen MR) is 79.3 cm³/mol. The first-order valence-electron chi connectivity index (χ1n) is 6.40. The first-order valence-corrected chi connectivity index (χ1v) is 6.40. The third-order valence-electron chi connectivity index (χ3n) is 3.34. The average molecular weight is 293 g/mol. The van der Waals surface area contributed by atoms with Crippen molar-refractivity contribution in [2.75, 3.05) is 13.1 Å². The molecule has 1 aromatic carbocycles. The summed E-state index contributed by atoms with van der Waals surface area (Å²) in [7, 11) is 0. The van der Waals surface area contributed by atoms with Crippen molar-refractivity contribution < 1.29 is 4.79 Å².